The predicted molar refractivity (Wildman–Crippen MR) is 144 cm³/mol. The average Bonchev–Trinajstić information content (AvgIpc) is 3.72. The number of nitrogens with zero attached hydrogens (tertiary/aromatic N) is 6. The van der Waals surface area contributed by atoms with Gasteiger partial charge >= 0.3 is 36.5 Å². The van der Waals surface area contributed by atoms with Crippen LogP contribution in [0.15, 0.2) is 73.6 Å². The Balaban J connectivity index is 0.000000216. The van der Waals surface area contributed by atoms with Crippen LogP contribution in [-0.2, 0) is 36.5 Å². The van der Waals surface area contributed by atoms with Gasteiger partial charge in [-0.2, -0.15) is 0 Å². The molecule has 3 aromatic heterocycles. The fourth-order valence-electron chi connectivity index (χ4n) is 3.66. The summed E-state index contributed by atoms with van der Waals surface area (Å²) in [5, 5.41) is 12.7. The van der Waals surface area contributed by atoms with E-state index in [0.717, 1.165) is 19.3 Å². The molecule has 6 rings (SSSR count). The van der Waals surface area contributed by atoms with E-state index >= 15 is 0 Å². The summed E-state index contributed by atoms with van der Waals surface area (Å²) in [6.45, 7) is 0. The molecule has 3 aromatic rings. The minimum atomic E-state index is -0.194. The van der Waals surface area contributed by atoms with Crippen LogP contribution in [0.25, 0.3) is 0 Å². The monoisotopic (exact) mass is 631 g/mol. The second-order valence-corrected chi connectivity index (χ2v) is 8.09. The third-order valence-corrected chi connectivity index (χ3v) is 5.42. The third kappa shape index (κ3) is 11.2. The maximum Gasteiger partial charge on any atom is 2.00 e. The van der Waals surface area contributed by atoms with Crippen molar-refractivity contribution in [3.63, 3.8) is 0 Å². The van der Waals surface area contributed by atoms with Gasteiger partial charge in [-0.25, -0.2) is 15.3 Å². The van der Waals surface area contributed by atoms with Crippen LogP contribution in [0.1, 0.15) is 25.7 Å². The average molecular weight is 630 g/mol. The quantitative estimate of drug-likeness (QED) is 0.299. The first kappa shape index (κ1) is 32.5. The van der Waals surface area contributed by atoms with Gasteiger partial charge in [-0.05, 0) is 133 Å². The van der Waals surface area contributed by atoms with Crippen molar-refractivity contribution in [2.24, 2.45) is 0 Å². The van der Waals surface area contributed by atoms with Gasteiger partial charge in [0.15, 0.2) is 0 Å². The van der Waals surface area contributed by atoms with Crippen LogP contribution in [0.4, 0.5) is 0 Å². The van der Waals surface area contributed by atoms with Gasteiger partial charge in [0.05, 0.1) is 0 Å². The minimum absolute atomic E-state index is 0. The van der Waals surface area contributed by atoms with Gasteiger partial charge in [-0.1, -0.05) is 18.2 Å². The molecule has 0 amide bonds. The van der Waals surface area contributed by atoms with Crippen molar-refractivity contribution in [3.8, 4) is 0 Å². The molecule has 3 aliphatic carbocycles. The molecule has 0 spiro atoms. The Morgan fingerprint density at radius 3 is 1.66 bits per heavy atom. The molecule has 0 unspecified atom stereocenters. The molecule has 2 fully saturated rings. The molecule has 0 bridgehead atoms. The van der Waals surface area contributed by atoms with Gasteiger partial charge in [-0.3, -0.25) is 0 Å². The largest absolute Gasteiger partial charge is 2.00 e. The van der Waals surface area contributed by atoms with E-state index in [1.54, 1.807) is 32.4 Å². The Morgan fingerprint density at radius 1 is 0.684 bits per heavy atom. The van der Waals surface area contributed by atoms with Crippen LogP contribution in [0, 0.1) is 82.1 Å². The van der Waals surface area contributed by atoms with E-state index in [4.69, 9.17) is 0 Å². The maximum atomic E-state index is 4.22. The summed E-state index contributed by atoms with van der Waals surface area (Å²) in [5.74, 6) is 2.59. The van der Waals surface area contributed by atoms with Gasteiger partial charge in [0, 0.05) is 30.4 Å². The molecule has 14 radical (unpaired) electrons. The van der Waals surface area contributed by atoms with Crippen molar-refractivity contribution in [1.82, 2.24) is 29.1 Å². The Labute approximate surface area is 253 Å². The van der Waals surface area contributed by atoms with Crippen molar-refractivity contribution in [2.45, 2.75) is 25.7 Å². The molecule has 0 aromatic carbocycles. The van der Waals surface area contributed by atoms with Gasteiger partial charge in [0.1, 0.15) is 0 Å². The zero-order valence-electron chi connectivity index (χ0n) is 21.0. The van der Waals surface area contributed by atoms with E-state index < -0.39 is 0 Å². The molecule has 192 valence electrons. The summed E-state index contributed by atoms with van der Waals surface area (Å²) in [6, 6.07) is 5.62. The molecule has 9 heteroatoms. The van der Waals surface area contributed by atoms with Crippen LogP contribution >= 0.6 is 0 Å². The Morgan fingerprint density at radius 2 is 1.18 bits per heavy atom. The second kappa shape index (κ2) is 19.4. The number of rotatable bonds is 5. The van der Waals surface area contributed by atoms with Crippen LogP contribution in [0.3, 0.4) is 0 Å². The van der Waals surface area contributed by atoms with Crippen LogP contribution in [0.2, 0.25) is 0 Å². The molecule has 2 saturated carbocycles. The van der Waals surface area contributed by atoms with Gasteiger partial charge in [0.25, 0.3) is 7.12 Å². The molecule has 6 nitrogen and oxygen atoms in total. The molecule has 0 atom stereocenters. The van der Waals surface area contributed by atoms with E-state index in [0.29, 0.717) is 0 Å². The van der Waals surface area contributed by atoms with E-state index in [-0.39, 0.29) is 43.7 Å². The Hall–Kier alpha value is -1.68. The smallest absolute Gasteiger partial charge is 0.425 e. The molecule has 0 aliphatic heterocycles. The summed E-state index contributed by atoms with van der Waals surface area (Å²) in [4.78, 5) is 0. The van der Waals surface area contributed by atoms with Gasteiger partial charge < -0.3 is 13.8 Å². The molecular formula is C29H30BFeN6Ru+3. The molecule has 3 heterocycles. The van der Waals surface area contributed by atoms with Gasteiger partial charge in [-0.15, -0.1) is 0 Å². The normalized spacial score (nSPS) is 18.9. The SMILES string of the molecule is [CH]1[CH][CH][CH][CH]1.[C](=C[C]1[CH][CH][CH][CH]1)[C]1[CH]CC/C=C\CC1.[Fe+2].[Ru+2].c1cnn([B-](n2cccn2)n2cccn2)c1. The fraction of sp³-hybridized carbons (Fsp3) is 0.138. The summed E-state index contributed by atoms with van der Waals surface area (Å²) in [7, 11) is -0.194. The van der Waals surface area contributed by atoms with Crippen molar-refractivity contribution in [2.75, 3.05) is 0 Å². The van der Waals surface area contributed by atoms with Crippen LogP contribution in [-0.4, -0.2) is 36.2 Å². The fourth-order valence-corrected chi connectivity index (χ4v) is 3.66. The maximum absolute atomic E-state index is 4.22. The van der Waals surface area contributed by atoms with Crippen LogP contribution < -0.4 is 0 Å². The molecule has 3 aliphatic rings. The first-order chi connectivity index (χ1) is 17.9. The molecule has 38 heavy (non-hydrogen) atoms. The summed E-state index contributed by atoms with van der Waals surface area (Å²) in [6.07, 6.45) is 46.1. The summed E-state index contributed by atoms with van der Waals surface area (Å²) < 4.78 is 5.38. The predicted octanol–water partition coefficient (Wildman–Crippen LogP) is 4.88. The zero-order valence-corrected chi connectivity index (χ0v) is 23.8. The Kier molecular flexibility index (Phi) is 16.6. The molecule has 0 N–H and O–H groups in total. The summed E-state index contributed by atoms with van der Waals surface area (Å²) in [5.41, 5.74) is 0. The Bertz CT molecular complexity index is 892. The molecular weight excluding hydrogens is 600 g/mol. The van der Waals surface area contributed by atoms with E-state index in [9.17, 15) is 0 Å². The number of aromatic nitrogens is 6. The van der Waals surface area contributed by atoms with Crippen molar-refractivity contribution >= 4 is 7.12 Å². The van der Waals surface area contributed by atoms with Crippen molar-refractivity contribution < 1.29 is 36.5 Å². The van der Waals surface area contributed by atoms with Crippen molar-refractivity contribution in [1.29, 1.82) is 0 Å². The van der Waals surface area contributed by atoms with E-state index in [2.05, 4.69) is 71.7 Å². The minimum Gasteiger partial charge on any atom is -0.425 e. The van der Waals surface area contributed by atoms with Gasteiger partial charge in [0.2, 0.25) is 0 Å². The van der Waals surface area contributed by atoms with E-state index in [1.165, 1.54) is 18.3 Å². The van der Waals surface area contributed by atoms with Crippen molar-refractivity contribution in [3.05, 3.63) is 156 Å². The number of hydrogen-bond donors (Lipinski definition) is 0. The topological polar surface area (TPSA) is 53.5 Å². The standard InChI is InChI=1S/C15H16.C9H9BN6.C5H5.Fe.Ru/c1-2-4-8-14(9-5-3-1)12-13-15-10-6-7-11-15;1-4-11-14(7-1)10(15-8-2-5-12-15)16-9-3-6-13-16;1-2-4-5-3-1;;/h1-2,6-7,9-11,13H,3-5,8H2;1-9H;1-5H;;/q;-1;;2*+2/b2-1-,13-12?;;;;. The molecule has 0 saturated heterocycles. The number of hydrogen-bond acceptors (Lipinski definition) is 3. The van der Waals surface area contributed by atoms with Crippen LogP contribution in [0.5, 0.6) is 0 Å². The first-order valence-electron chi connectivity index (χ1n) is 12.2. The summed E-state index contributed by atoms with van der Waals surface area (Å²) >= 11 is 0. The number of allylic oxidation sites excluding steroid dienone is 4. The zero-order chi connectivity index (χ0) is 24.7. The first-order valence-corrected chi connectivity index (χ1v) is 12.2. The second-order valence-electron chi connectivity index (χ2n) is 8.09. The third-order valence-electron chi connectivity index (χ3n) is 5.42. The van der Waals surface area contributed by atoms with E-state index in [1.807, 2.05) is 68.9 Å².